The lowest BCUT2D eigenvalue weighted by atomic mass is 10.1. The predicted octanol–water partition coefficient (Wildman–Crippen LogP) is 7.15. The second kappa shape index (κ2) is 27.7. The number of nitrogens with zero attached hydrogens (tertiary/aromatic N) is 6. The molecule has 0 aliphatic rings. The van der Waals surface area contributed by atoms with Gasteiger partial charge in [-0.05, 0) is 132 Å². The Balaban J connectivity index is 0.000000658. The number of aromatic nitrogens is 6. The topological polar surface area (TPSA) is 306 Å². The van der Waals surface area contributed by atoms with Gasteiger partial charge in [0.2, 0.25) is 20.0 Å². The van der Waals surface area contributed by atoms with Crippen LogP contribution in [0.1, 0.15) is 48.3 Å². The molecule has 4 aromatic heterocycles. The third-order valence-electron chi connectivity index (χ3n) is 11.1. The molecule has 0 bridgehead atoms. The molecule has 5 N–H and O–H groups in total. The smallest absolute Gasteiger partial charge is 0.337 e. The maximum absolute atomic E-state index is 15.0. The Morgan fingerprint density at radius 1 is 0.512 bits per heavy atom. The molecule has 82 heavy (non-hydrogen) atoms. The lowest BCUT2D eigenvalue weighted by Crippen LogP contribution is -2.41. The van der Waals surface area contributed by atoms with Gasteiger partial charge >= 0.3 is 21.5 Å². The summed E-state index contributed by atoms with van der Waals surface area (Å²) in [7, 11) is -5.72. The summed E-state index contributed by atoms with van der Waals surface area (Å²) in [6.07, 6.45) is 2.86. The summed E-state index contributed by atoms with van der Waals surface area (Å²) in [6.45, 7) is 2.81. The maximum Gasteiger partial charge on any atom is 0.337 e. The highest BCUT2D eigenvalue weighted by molar-refractivity contribution is 14.1. The molecule has 0 unspecified atom stereocenters. The van der Waals surface area contributed by atoms with Crippen molar-refractivity contribution < 1.29 is 38.2 Å². The SMILES string of the molecule is C.C.C.C.C.CS(=O)(=O)Nc1cccc(N)c1.Cc1c(Nc2cccc(NS(C)(=O)=O)c2)c2c(=O)n(C)c(=O)n(-c3ccc(I)cc3F)c2n(C)c1=O.Cc1c(OS(C)(=O)=O)c2c(=O)n(C)c(=O)n(-c3ccc(I)cc3F)c2n(C)c1=O. The highest BCUT2D eigenvalue weighted by atomic mass is 127. The molecule has 448 valence electrons. The van der Waals surface area contributed by atoms with Crippen LogP contribution in [0.15, 0.2) is 114 Å². The van der Waals surface area contributed by atoms with E-state index in [4.69, 9.17) is 9.92 Å². The van der Waals surface area contributed by atoms with Crippen molar-refractivity contribution in [2.45, 2.75) is 51.0 Å². The summed E-state index contributed by atoms with van der Waals surface area (Å²) in [5.74, 6) is -1.96. The fourth-order valence-corrected chi connectivity index (χ4v) is 10.3. The third kappa shape index (κ3) is 15.9. The first-order valence-electron chi connectivity index (χ1n) is 21.8. The first-order chi connectivity index (χ1) is 35.6. The van der Waals surface area contributed by atoms with E-state index in [2.05, 4.69) is 14.8 Å². The maximum atomic E-state index is 15.0. The molecule has 8 aromatic rings. The van der Waals surface area contributed by atoms with E-state index >= 15 is 4.39 Å². The van der Waals surface area contributed by atoms with Gasteiger partial charge < -0.3 is 15.2 Å². The average molecular weight is 1430 g/mol. The molecular weight excluding hydrogens is 1360 g/mol. The summed E-state index contributed by atoms with van der Waals surface area (Å²) in [5.41, 5.74) is 2.02. The van der Waals surface area contributed by atoms with Crippen molar-refractivity contribution in [2.75, 3.05) is 39.3 Å². The summed E-state index contributed by atoms with van der Waals surface area (Å²) < 4.78 is 114. The number of hydrogen-bond acceptors (Lipinski definition) is 15. The molecule has 0 saturated heterocycles. The lowest BCUT2D eigenvalue weighted by molar-refractivity contribution is 0.491. The number of sulfonamides is 2. The second-order valence-corrected chi connectivity index (χ2v) is 24.7. The normalized spacial score (nSPS) is 10.9. The molecule has 30 heteroatoms. The van der Waals surface area contributed by atoms with E-state index in [0.717, 1.165) is 48.7 Å². The zero-order valence-electron chi connectivity index (χ0n) is 41.9. The van der Waals surface area contributed by atoms with Crippen LogP contribution in [0, 0.1) is 32.6 Å². The molecule has 0 aliphatic carbocycles. The number of nitrogens with one attached hydrogen (secondary N) is 3. The van der Waals surface area contributed by atoms with Gasteiger partial charge in [-0.15, -0.1) is 0 Å². The number of hydrogen-bond donors (Lipinski definition) is 4. The van der Waals surface area contributed by atoms with E-state index in [0.29, 0.717) is 28.8 Å². The fraction of sp³-hybridized carbons (Fsp3) is 0.269. The molecule has 0 fully saturated rings. The van der Waals surface area contributed by atoms with Gasteiger partial charge in [0.25, 0.3) is 22.2 Å². The molecule has 0 aliphatic heterocycles. The number of rotatable bonds is 10. The lowest BCUT2D eigenvalue weighted by Gasteiger charge is -2.20. The molecule has 4 heterocycles. The molecule has 0 radical (unpaired) electrons. The van der Waals surface area contributed by atoms with Gasteiger partial charge in [0.15, 0.2) is 5.75 Å². The first kappa shape index (κ1) is 72.8. The number of pyridine rings is 2. The third-order valence-corrected chi connectivity index (χ3v) is 14.1. The van der Waals surface area contributed by atoms with Crippen LogP contribution in [-0.2, 0) is 58.4 Å². The Hall–Kier alpha value is -7.17. The quantitative estimate of drug-likeness (QED) is 0.0600. The van der Waals surface area contributed by atoms with Crippen LogP contribution < -0.4 is 58.3 Å². The second-order valence-electron chi connectivity index (χ2n) is 17.1. The predicted molar refractivity (Wildman–Crippen MR) is 342 cm³/mol. The molecule has 23 nitrogen and oxygen atoms in total. The van der Waals surface area contributed by atoms with Crippen molar-refractivity contribution in [1.29, 1.82) is 0 Å². The minimum atomic E-state index is -4.11. The number of halogens is 4. The Kier molecular flexibility index (Phi) is 24.6. The number of aryl methyl sites for hydroxylation is 2. The highest BCUT2D eigenvalue weighted by Crippen LogP contribution is 2.30. The van der Waals surface area contributed by atoms with Crippen LogP contribution in [0.25, 0.3) is 33.4 Å². The molecule has 0 spiro atoms. The van der Waals surface area contributed by atoms with Crippen molar-refractivity contribution in [3.8, 4) is 17.1 Å². The summed E-state index contributed by atoms with van der Waals surface area (Å²) >= 11 is 3.83. The van der Waals surface area contributed by atoms with Crippen LogP contribution in [0.3, 0.4) is 0 Å². The van der Waals surface area contributed by atoms with E-state index in [9.17, 15) is 58.4 Å². The van der Waals surface area contributed by atoms with Crippen LogP contribution in [0.5, 0.6) is 5.75 Å². The van der Waals surface area contributed by atoms with Crippen LogP contribution in [0.4, 0.5) is 37.2 Å². The standard InChI is InChI=1S/C23H21FIN5O5S.C17H15FIN3O6S.C7H10N2O2S.5CH4/c1-12-19(26-14-6-5-7-15(11-14)27-36(4,34)35)18-20(28(2)21(12)31)30(23(33)29(3)22(18)32)17-9-8-13(25)10-16(17)24;1-8-13(28-29(4,26)27)12-14(20(2)15(8)23)22(17(25)21(3)16(12)24)11-6-5-9(19)7-10(11)18;1-12(10,11)9-7-4-2-3-6(8)5-7;;;;;/h5-11,26-27H,1-4H3;5-7H,1-4H3;2-5,9H,8H2,1H3;5*1H4. The average Bonchev–Trinajstić information content (AvgIpc) is 3.52. The summed E-state index contributed by atoms with van der Waals surface area (Å²) in [5, 5.41) is 2.67. The fourth-order valence-electron chi connectivity index (χ4n) is 7.74. The van der Waals surface area contributed by atoms with E-state index in [1.165, 1.54) is 71.4 Å². The minimum Gasteiger partial charge on any atom is -0.399 e. The Labute approximate surface area is 500 Å². The highest BCUT2D eigenvalue weighted by Gasteiger charge is 2.27. The van der Waals surface area contributed by atoms with Crippen molar-refractivity contribution >= 4 is 126 Å². The van der Waals surface area contributed by atoms with Gasteiger partial charge in [0.1, 0.15) is 33.7 Å². The van der Waals surface area contributed by atoms with Crippen molar-refractivity contribution in [2.24, 2.45) is 28.2 Å². The summed E-state index contributed by atoms with van der Waals surface area (Å²) in [4.78, 5) is 78.2. The molecule has 8 rings (SSSR count). The van der Waals surface area contributed by atoms with Gasteiger partial charge in [-0.2, -0.15) is 8.42 Å². The minimum absolute atomic E-state index is 0. The molecular formula is C52H66F2I2N10O13S3. The van der Waals surface area contributed by atoms with Gasteiger partial charge in [-0.25, -0.2) is 44.3 Å². The van der Waals surface area contributed by atoms with Crippen LogP contribution in [-0.4, -0.2) is 71.4 Å². The largest absolute Gasteiger partial charge is 0.399 e. The zero-order chi connectivity index (χ0) is 57.5. The zero-order valence-corrected chi connectivity index (χ0v) is 48.7. The number of benzene rings is 4. The monoisotopic (exact) mass is 1430 g/mol. The van der Waals surface area contributed by atoms with Crippen molar-refractivity contribution in [3.05, 3.63) is 177 Å². The number of nitrogen functional groups attached to an aromatic ring is 1. The Morgan fingerprint density at radius 3 is 1.32 bits per heavy atom. The Bertz CT molecular complexity index is 4510. The van der Waals surface area contributed by atoms with Crippen molar-refractivity contribution in [1.82, 2.24) is 27.4 Å². The Morgan fingerprint density at radius 2 is 0.902 bits per heavy atom. The van der Waals surface area contributed by atoms with Gasteiger partial charge in [-0.1, -0.05) is 49.3 Å². The van der Waals surface area contributed by atoms with Crippen LogP contribution >= 0.6 is 45.2 Å². The molecule has 0 saturated carbocycles. The molecule has 4 aromatic carbocycles. The van der Waals surface area contributed by atoms with Crippen LogP contribution in [0.2, 0.25) is 0 Å². The van der Waals surface area contributed by atoms with E-state index in [1.54, 1.807) is 48.5 Å². The van der Waals surface area contributed by atoms with Gasteiger partial charge in [0, 0.05) is 52.3 Å². The first-order valence-corrected chi connectivity index (χ1v) is 29.6. The molecule has 0 amide bonds. The van der Waals surface area contributed by atoms with E-state index in [1.807, 2.05) is 45.2 Å². The van der Waals surface area contributed by atoms with Crippen molar-refractivity contribution in [3.63, 3.8) is 0 Å². The number of fused-ring (bicyclic) bond motifs is 2. The number of anilines is 5. The summed E-state index contributed by atoms with van der Waals surface area (Å²) in [6, 6.07) is 21.1. The molecule has 0 atom stereocenters. The van der Waals surface area contributed by atoms with E-state index in [-0.39, 0.29) is 93.1 Å². The van der Waals surface area contributed by atoms with Gasteiger partial charge in [-0.3, -0.25) is 46.9 Å². The van der Waals surface area contributed by atoms with E-state index < -0.39 is 81.2 Å². The number of nitrogens with two attached hydrogens (primary N) is 1. The van der Waals surface area contributed by atoms with Gasteiger partial charge in [0.05, 0.1) is 52.8 Å².